The van der Waals surface area contributed by atoms with Gasteiger partial charge in [-0.1, -0.05) is 6.07 Å². The molecular formula is C16H21NO5. The van der Waals surface area contributed by atoms with Gasteiger partial charge in [-0.25, -0.2) is 0 Å². The van der Waals surface area contributed by atoms with Crippen LogP contribution < -0.4 is 9.47 Å². The molecule has 0 unspecified atom stereocenters. The lowest BCUT2D eigenvalue weighted by atomic mass is 10.1. The van der Waals surface area contributed by atoms with Gasteiger partial charge in [-0.05, 0) is 30.5 Å². The fourth-order valence-corrected chi connectivity index (χ4v) is 2.63. The minimum atomic E-state index is -0.824. The SMILES string of the molecule is COc1ccc(CCC(=O)N2CC[C@@H](C(=O)O)C2)cc1OC. The fourth-order valence-electron chi connectivity index (χ4n) is 2.63. The van der Waals surface area contributed by atoms with Gasteiger partial charge in [0.2, 0.25) is 5.91 Å². The van der Waals surface area contributed by atoms with Gasteiger partial charge >= 0.3 is 5.97 Å². The molecule has 1 aromatic rings. The Balaban J connectivity index is 1.90. The van der Waals surface area contributed by atoms with E-state index < -0.39 is 11.9 Å². The van der Waals surface area contributed by atoms with E-state index in [0.717, 1.165) is 5.56 Å². The molecule has 22 heavy (non-hydrogen) atoms. The summed E-state index contributed by atoms with van der Waals surface area (Å²) in [5, 5.41) is 8.96. The lowest BCUT2D eigenvalue weighted by Gasteiger charge is -2.16. The minimum Gasteiger partial charge on any atom is -0.493 e. The smallest absolute Gasteiger partial charge is 0.308 e. The van der Waals surface area contributed by atoms with Crippen molar-refractivity contribution >= 4 is 11.9 Å². The Morgan fingerprint density at radius 3 is 2.59 bits per heavy atom. The molecule has 6 nitrogen and oxygen atoms in total. The van der Waals surface area contributed by atoms with Gasteiger partial charge in [0.15, 0.2) is 11.5 Å². The van der Waals surface area contributed by atoms with Crippen molar-refractivity contribution < 1.29 is 24.2 Å². The van der Waals surface area contributed by atoms with Crippen LogP contribution in [0.15, 0.2) is 18.2 Å². The van der Waals surface area contributed by atoms with Gasteiger partial charge in [-0.3, -0.25) is 9.59 Å². The van der Waals surface area contributed by atoms with E-state index in [2.05, 4.69) is 0 Å². The molecule has 0 spiro atoms. The zero-order valence-electron chi connectivity index (χ0n) is 12.9. The van der Waals surface area contributed by atoms with Crippen LogP contribution in [0, 0.1) is 5.92 Å². The van der Waals surface area contributed by atoms with Crippen LogP contribution in [-0.2, 0) is 16.0 Å². The molecule has 1 aliphatic heterocycles. The molecule has 1 fully saturated rings. The minimum absolute atomic E-state index is 0.00136. The second kappa shape index (κ2) is 7.15. The third-order valence-corrected chi connectivity index (χ3v) is 3.97. The Morgan fingerprint density at radius 1 is 1.27 bits per heavy atom. The number of amides is 1. The van der Waals surface area contributed by atoms with E-state index in [1.54, 1.807) is 19.1 Å². The van der Waals surface area contributed by atoms with Gasteiger partial charge < -0.3 is 19.5 Å². The summed E-state index contributed by atoms with van der Waals surface area (Å²) in [6.45, 7) is 0.849. The van der Waals surface area contributed by atoms with Crippen molar-refractivity contribution in [3.8, 4) is 11.5 Å². The van der Waals surface area contributed by atoms with Crippen LogP contribution in [0.1, 0.15) is 18.4 Å². The second-order valence-electron chi connectivity index (χ2n) is 5.35. The van der Waals surface area contributed by atoms with Gasteiger partial charge in [0, 0.05) is 19.5 Å². The number of hydrogen-bond donors (Lipinski definition) is 1. The number of methoxy groups -OCH3 is 2. The van der Waals surface area contributed by atoms with Crippen LogP contribution in [0.25, 0.3) is 0 Å². The normalized spacial score (nSPS) is 17.4. The maximum Gasteiger partial charge on any atom is 0.308 e. The average molecular weight is 307 g/mol. The van der Waals surface area contributed by atoms with Gasteiger partial charge in [-0.2, -0.15) is 0 Å². The summed E-state index contributed by atoms with van der Waals surface area (Å²) >= 11 is 0. The maximum absolute atomic E-state index is 12.1. The number of carbonyl (C=O) groups excluding carboxylic acids is 1. The highest BCUT2D eigenvalue weighted by atomic mass is 16.5. The molecule has 1 amide bonds. The van der Waals surface area contributed by atoms with Crippen molar-refractivity contribution in [2.75, 3.05) is 27.3 Å². The Bertz CT molecular complexity index is 557. The summed E-state index contributed by atoms with van der Waals surface area (Å²) in [7, 11) is 3.15. The monoisotopic (exact) mass is 307 g/mol. The van der Waals surface area contributed by atoms with Crippen molar-refractivity contribution in [3.05, 3.63) is 23.8 Å². The first kappa shape index (κ1) is 16.1. The number of carboxylic acid groups (broad SMARTS) is 1. The van der Waals surface area contributed by atoms with Gasteiger partial charge in [-0.15, -0.1) is 0 Å². The summed E-state index contributed by atoms with van der Waals surface area (Å²) < 4.78 is 10.4. The summed E-state index contributed by atoms with van der Waals surface area (Å²) in [5.74, 6) is 0.0414. The number of carboxylic acids is 1. The van der Waals surface area contributed by atoms with E-state index >= 15 is 0 Å². The first-order chi connectivity index (χ1) is 10.5. The summed E-state index contributed by atoms with van der Waals surface area (Å²) in [5.41, 5.74) is 0.986. The van der Waals surface area contributed by atoms with Crippen molar-refractivity contribution in [1.29, 1.82) is 0 Å². The topological polar surface area (TPSA) is 76.1 Å². The molecule has 1 aromatic carbocycles. The Morgan fingerprint density at radius 2 is 2.00 bits per heavy atom. The molecule has 6 heteroatoms. The van der Waals surface area contributed by atoms with Gasteiger partial charge in [0.25, 0.3) is 0 Å². The first-order valence-corrected chi connectivity index (χ1v) is 7.26. The number of ether oxygens (including phenoxy) is 2. The predicted octanol–water partition coefficient (Wildman–Crippen LogP) is 1.57. The van der Waals surface area contributed by atoms with Crippen molar-refractivity contribution in [2.24, 2.45) is 5.92 Å². The number of carbonyl (C=O) groups is 2. The predicted molar refractivity (Wildman–Crippen MR) is 80.2 cm³/mol. The number of likely N-dealkylation sites (tertiary alicyclic amines) is 1. The van der Waals surface area contributed by atoms with Crippen molar-refractivity contribution in [1.82, 2.24) is 4.90 Å². The third-order valence-electron chi connectivity index (χ3n) is 3.97. The van der Waals surface area contributed by atoms with Crippen LogP contribution in [-0.4, -0.2) is 49.2 Å². The standard InChI is InChI=1S/C16H21NO5/c1-21-13-5-3-11(9-14(13)22-2)4-6-15(18)17-8-7-12(10-17)16(19)20/h3,5,9,12H,4,6-8,10H2,1-2H3,(H,19,20)/t12-/m1/s1. The van der Waals surface area contributed by atoms with Crippen LogP contribution in [0.2, 0.25) is 0 Å². The number of benzene rings is 1. The molecule has 0 bridgehead atoms. The van der Waals surface area contributed by atoms with Gasteiger partial charge in [0.1, 0.15) is 0 Å². The van der Waals surface area contributed by atoms with Crippen molar-refractivity contribution in [2.45, 2.75) is 19.3 Å². The molecular weight excluding hydrogens is 286 g/mol. The van der Waals surface area contributed by atoms with E-state index in [1.807, 2.05) is 18.2 Å². The Kier molecular flexibility index (Phi) is 5.25. The summed E-state index contributed by atoms with van der Waals surface area (Å²) in [6.07, 6.45) is 1.49. The largest absolute Gasteiger partial charge is 0.493 e. The molecule has 1 N–H and O–H groups in total. The molecule has 1 heterocycles. The highest BCUT2D eigenvalue weighted by molar-refractivity contribution is 5.79. The number of aliphatic carboxylic acids is 1. The van der Waals surface area contributed by atoms with Crippen LogP contribution in [0.3, 0.4) is 0 Å². The zero-order valence-corrected chi connectivity index (χ0v) is 12.9. The van der Waals surface area contributed by atoms with E-state index in [0.29, 0.717) is 43.9 Å². The van der Waals surface area contributed by atoms with Crippen molar-refractivity contribution in [3.63, 3.8) is 0 Å². The summed E-state index contributed by atoms with van der Waals surface area (Å²) in [6, 6.07) is 5.57. The molecule has 120 valence electrons. The second-order valence-corrected chi connectivity index (χ2v) is 5.35. The van der Waals surface area contributed by atoms with Gasteiger partial charge in [0.05, 0.1) is 20.1 Å². The van der Waals surface area contributed by atoms with Crippen LogP contribution in [0.4, 0.5) is 0 Å². The Labute approximate surface area is 129 Å². The number of aryl methyl sites for hydroxylation is 1. The molecule has 1 atom stereocenters. The van der Waals surface area contributed by atoms with E-state index in [9.17, 15) is 9.59 Å². The van der Waals surface area contributed by atoms with Crippen LogP contribution >= 0.6 is 0 Å². The number of hydrogen-bond acceptors (Lipinski definition) is 4. The lowest BCUT2D eigenvalue weighted by molar-refractivity contribution is -0.141. The lowest BCUT2D eigenvalue weighted by Crippen LogP contribution is -2.30. The first-order valence-electron chi connectivity index (χ1n) is 7.26. The number of rotatable bonds is 6. The molecule has 0 aliphatic carbocycles. The highest BCUT2D eigenvalue weighted by Gasteiger charge is 2.30. The molecule has 0 saturated carbocycles. The fraction of sp³-hybridized carbons (Fsp3) is 0.500. The molecule has 1 saturated heterocycles. The average Bonchev–Trinajstić information content (AvgIpc) is 3.02. The van der Waals surface area contributed by atoms with E-state index in [-0.39, 0.29) is 5.91 Å². The zero-order chi connectivity index (χ0) is 16.1. The van der Waals surface area contributed by atoms with E-state index in [4.69, 9.17) is 14.6 Å². The van der Waals surface area contributed by atoms with Crippen LogP contribution in [0.5, 0.6) is 11.5 Å². The molecule has 1 aliphatic rings. The maximum atomic E-state index is 12.1. The number of nitrogens with zero attached hydrogens (tertiary/aromatic N) is 1. The van der Waals surface area contributed by atoms with E-state index in [1.165, 1.54) is 0 Å². The quantitative estimate of drug-likeness (QED) is 0.863. The third kappa shape index (κ3) is 3.69. The highest BCUT2D eigenvalue weighted by Crippen LogP contribution is 2.28. The molecule has 2 rings (SSSR count). The molecule has 0 radical (unpaired) electrons. The molecule has 0 aromatic heterocycles. The Hall–Kier alpha value is -2.24. The summed E-state index contributed by atoms with van der Waals surface area (Å²) in [4.78, 5) is 24.7.